The number of hydrazine groups is 1. The molecule has 3 aliphatic rings. The third kappa shape index (κ3) is 4.04. The number of nitrogens with zero attached hydrogens (tertiary/aromatic N) is 2. The molecule has 0 bridgehead atoms. The van der Waals surface area contributed by atoms with E-state index in [9.17, 15) is 9.18 Å². The van der Waals surface area contributed by atoms with Gasteiger partial charge in [-0.15, -0.1) is 0 Å². The summed E-state index contributed by atoms with van der Waals surface area (Å²) in [6, 6.07) is 12.8. The zero-order chi connectivity index (χ0) is 22.2. The fourth-order valence-corrected chi connectivity index (χ4v) is 5.45. The van der Waals surface area contributed by atoms with E-state index in [0.29, 0.717) is 30.9 Å². The van der Waals surface area contributed by atoms with Gasteiger partial charge in [0.2, 0.25) is 5.91 Å². The number of nitrogens with one attached hydrogen (secondary N) is 3. The smallest absolute Gasteiger partial charge is 0.241 e. The van der Waals surface area contributed by atoms with Gasteiger partial charge >= 0.3 is 0 Å². The average Bonchev–Trinajstić information content (AvgIpc) is 3.23. The lowest BCUT2D eigenvalue weighted by molar-refractivity contribution is -0.122. The Balaban J connectivity index is 1.30. The summed E-state index contributed by atoms with van der Waals surface area (Å²) in [5.41, 5.74) is 8.27. The molecule has 3 saturated heterocycles. The van der Waals surface area contributed by atoms with Gasteiger partial charge in [0.25, 0.3) is 0 Å². The van der Waals surface area contributed by atoms with E-state index in [1.54, 1.807) is 19.2 Å². The standard InChI is InChI=1S/C23H27BrFN5O2/c1-32-20-4-2-3-17(25)22(20)18-11-16-19(12-26-18)27-28-23(16)29-9-10-30(21(31)13-29)15-7-5-14(24)6-8-15/h2-8,16,18-19,23,26-28H,9-13H2,1H3. The number of piperazine rings is 1. The molecule has 32 heavy (non-hydrogen) atoms. The van der Waals surface area contributed by atoms with Crippen molar-refractivity contribution in [2.45, 2.75) is 24.7 Å². The summed E-state index contributed by atoms with van der Waals surface area (Å²) in [6.45, 7) is 2.47. The van der Waals surface area contributed by atoms with E-state index >= 15 is 0 Å². The van der Waals surface area contributed by atoms with Gasteiger partial charge in [0.1, 0.15) is 11.6 Å². The third-order valence-electron chi connectivity index (χ3n) is 6.79. The summed E-state index contributed by atoms with van der Waals surface area (Å²) in [7, 11) is 1.57. The Morgan fingerprint density at radius 1 is 1.12 bits per heavy atom. The first-order valence-corrected chi connectivity index (χ1v) is 11.7. The lowest BCUT2D eigenvalue weighted by Crippen LogP contribution is -2.58. The lowest BCUT2D eigenvalue weighted by Gasteiger charge is -2.41. The molecule has 9 heteroatoms. The molecule has 0 aromatic heterocycles. The van der Waals surface area contributed by atoms with E-state index < -0.39 is 0 Å². The highest BCUT2D eigenvalue weighted by molar-refractivity contribution is 9.10. The molecule has 7 nitrogen and oxygen atoms in total. The van der Waals surface area contributed by atoms with E-state index in [1.165, 1.54) is 6.07 Å². The first-order chi connectivity index (χ1) is 15.5. The number of carbonyl (C=O) groups is 1. The van der Waals surface area contributed by atoms with Crippen LogP contribution in [0.15, 0.2) is 46.9 Å². The van der Waals surface area contributed by atoms with Crippen molar-refractivity contribution in [1.82, 2.24) is 21.1 Å². The second kappa shape index (κ2) is 9.07. The number of amides is 1. The van der Waals surface area contributed by atoms with Crippen molar-refractivity contribution >= 4 is 27.5 Å². The van der Waals surface area contributed by atoms with E-state index in [-0.39, 0.29) is 35.9 Å². The number of fused-ring (bicyclic) bond motifs is 1. The second-order valence-electron chi connectivity index (χ2n) is 8.55. The Bertz CT molecular complexity index is 991. The largest absolute Gasteiger partial charge is 0.496 e. The maximum absolute atomic E-state index is 14.7. The zero-order valence-corrected chi connectivity index (χ0v) is 19.4. The monoisotopic (exact) mass is 503 g/mol. The highest BCUT2D eigenvalue weighted by atomic mass is 79.9. The first kappa shape index (κ1) is 21.8. The Labute approximate surface area is 195 Å². The molecule has 0 saturated carbocycles. The minimum atomic E-state index is -0.256. The van der Waals surface area contributed by atoms with Gasteiger partial charge in [-0.1, -0.05) is 22.0 Å². The first-order valence-electron chi connectivity index (χ1n) is 10.9. The number of hydrogen-bond donors (Lipinski definition) is 3. The van der Waals surface area contributed by atoms with E-state index in [1.807, 2.05) is 29.2 Å². The van der Waals surface area contributed by atoms with Gasteiger partial charge in [-0.05, 0) is 42.8 Å². The maximum atomic E-state index is 14.7. The molecule has 0 spiro atoms. The molecule has 170 valence electrons. The number of piperidine rings is 1. The number of ether oxygens (including phenoxy) is 1. The maximum Gasteiger partial charge on any atom is 0.241 e. The molecular weight excluding hydrogens is 477 g/mol. The molecule has 5 rings (SSSR count). The van der Waals surface area contributed by atoms with Crippen molar-refractivity contribution < 1.29 is 13.9 Å². The summed E-state index contributed by atoms with van der Waals surface area (Å²) < 4.78 is 21.1. The van der Waals surface area contributed by atoms with Crippen molar-refractivity contribution in [3.8, 4) is 5.75 Å². The van der Waals surface area contributed by atoms with Crippen LogP contribution < -0.4 is 25.8 Å². The topological polar surface area (TPSA) is 68.9 Å². The van der Waals surface area contributed by atoms with Crippen LogP contribution in [0.1, 0.15) is 18.0 Å². The van der Waals surface area contributed by atoms with Crippen molar-refractivity contribution in [1.29, 1.82) is 0 Å². The molecule has 2 aromatic carbocycles. The summed E-state index contributed by atoms with van der Waals surface area (Å²) in [6.07, 6.45) is 0.756. The van der Waals surface area contributed by atoms with Crippen molar-refractivity contribution in [3.05, 3.63) is 58.3 Å². The summed E-state index contributed by atoms with van der Waals surface area (Å²) in [5, 5.41) is 3.47. The molecular formula is C23H27BrFN5O2. The quantitative estimate of drug-likeness (QED) is 0.595. The predicted molar refractivity (Wildman–Crippen MR) is 124 cm³/mol. The number of hydrogen-bond acceptors (Lipinski definition) is 6. The van der Waals surface area contributed by atoms with Crippen LogP contribution in [-0.2, 0) is 4.79 Å². The van der Waals surface area contributed by atoms with Gasteiger partial charge in [0.15, 0.2) is 0 Å². The van der Waals surface area contributed by atoms with Gasteiger partial charge < -0.3 is 15.0 Å². The summed E-state index contributed by atoms with van der Waals surface area (Å²) in [4.78, 5) is 17.0. The third-order valence-corrected chi connectivity index (χ3v) is 7.32. The normalized spacial score (nSPS) is 28.6. The van der Waals surface area contributed by atoms with E-state index in [2.05, 4.69) is 37.0 Å². The van der Waals surface area contributed by atoms with Gasteiger partial charge in [-0.25, -0.2) is 9.82 Å². The van der Waals surface area contributed by atoms with Crippen LogP contribution in [0, 0.1) is 11.7 Å². The summed E-state index contributed by atoms with van der Waals surface area (Å²) >= 11 is 3.44. The van der Waals surface area contributed by atoms with Crippen LogP contribution in [0.3, 0.4) is 0 Å². The average molecular weight is 504 g/mol. The number of rotatable bonds is 4. The van der Waals surface area contributed by atoms with Crippen LogP contribution >= 0.6 is 15.9 Å². The number of anilines is 1. The minimum Gasteiger partial charge on any atom is -0.496 e. The van der Waals surface area contributed by atoms with Gasteiger partial charge in [-0.3, -0.25) is 15.1 Å². The minimum absolute atomic E-state index is 0.0124. The number of benzene rings is 2. The molecule has 4 atom stereocenters. The van der Waals surface area contributed by atoms with Gasteiger partial charge in [0.05, 0.1) is 19.8 Å². The van der Waals surface area contributed by atoms with Gasteiger partial charge in [-0.2, -0.15) is 0 Å². The van der Waals surface area contributed by atoms with E-state index in [0.717, 1.165) is 23.1 Å². The Morgan fingerprint density at radius 3 is 2.69 bits per heavy atom. The highest BCUT2D eigenvalue weighted by Crippen LogP contribution is 2.38. The Morgan fingerprint density at radius 2 is 1.94 bits per heavy atom. The fraction of sp³-hybridized carbons (Fsp3) is 0.435. The fourth-order valence-electron chi connectivity index (χ4n) is 5.19. The van der Waals surface area contributed by atoms with Crippen molar-refractivity contribution in [2.75, 3.05) is 38.2 Å². The van der Waals surface area contributed by atoms with Gasteiger partial charge in [0, 0.05) is 53.4 Å². The summed E-state index contributed by atoms with van der Waals surface area (Å²) in [5.74, 6) is 0.631. The van der Waals surface area contributed by atoms with Crippen molar-refractivity contribution in [3.63, 3.8) is 0 Å². The number of halogens is 2. The van der Waals surface area contributed by atoms with Crippen LogP contribution in [0.4, 0.5) is 10.1 Å². The number of methoxy groups -OCH3 is 1. The highest BCUT2D eigenvalue weighted by Gasteiger charge is 2.45. The van der Waals surface area contributed by atoms with Crippen LogP contribution in [0.2, 0.25) is 0 Å². The Kier molecular flexibility index (Phi) is 6.18. The molecule has 0 aliphatic carbocycles. The molecule has 2 aromatic rings. The predicted octanol–water partition coefficient (Wildman–Crippen LogP) is 2.40. The molecule has 1 amide bonds. The molecule has 3 N–H and O–H groups in total. The SMILES string of the molecule is COc1cccc(F)c1C1CC2C(CN1)NNC2N1CCN(c2ccc(Br)cc2)C(=O)C1. The van der Waals surface area contributed by atoms with Crippen LogP contribution in [0.25, 0.3) is 0 Å². The van der Waals surface area contributed by atoms with Crippen LogP contribution in [-0.4, -0.2) is 56.3 Å². The van der Waals surface area contributed by atoms with E-state index in [4.69, 9.17) is 4.74 Å². The molecule has 3 aliphatic heterocycles. The molecule has 4 unspecified atom stereocenters. The Hall–Kier alpha value is -2.04. The lowest BCUT2D eigenvalue weighted by atomic mass is 9.84. The number of carbonyl (C=O) groups excluding carboxylic acids is 1. The molecule has 0 radical (unpaired) electrons. The van der Waals surface area contributed by atoms with Crippen molar-refractivity contribution in [2.24, 2.45) is 5.92 Å². The van der Waals surface area contributed by atoms with Crippen LogP contribution in [0.5, 0.6) is 5.75 Å². The second-order valence-corrected chi connectivity index (χ2v) is 9.46. The zero-order valence-electron chi connectivity index (χ0n) is 17.9. The molecule has 3 heterocycles. The molecule has 3 fully saturated rings.